The molecule has 3 aliphatic rings. The van der Waals surface area contributed by atoms with Crippen molar-refractivity contribution in [1.82, 2.24) is 16.0 Å². The van der Waals surface area contributed by atoms with E-state index in [1.807, 2.05) is 0 Å². The first kappa shape index (κ1) is 14.5. The Hall–Kier alpha value is -0.430. The van der Waals surface area contributed by atoms with Gasteiger partial charge in [-0.3, -0.25) is 5.32 Å². The zero-order chi connectivity index (χ0) is 14.5. The third-order valence-corrected chi connectivity index (χ3v) is 4.55. The van der Waals surface area contributed by atoms with Crippen LogP contribution < -0.4 is 16.0 Å². The fraction of sp³-hybridized carbons (Fsp3) is 0.900. The smallest absolute Gasteiger partial charge is 0.225 e. The maximum absolute atomic E-state index is 13.1. The predicted molar refractivity (Wildman–Crippen MR) is 70.7 cm³/mol. The van der Waals surface area contributed by atoms with Crippen LogP contribution >= 0.6 is 12.2 Å². The van der Waals surface area contributed by atoms with Crippen molar-refractivity contribution in [2.45, 2.75) is 36.7 Å². The molecule has 3 saturated heterocycles. The van der Waals surface area contributed by atoms with Crippen molar-refractivity contribution < 1.29 is 24.7 Å². The molecule has 0 amide bonds. The van der Waals surface area contributed by atoms with Crippen LogP contribution in [0.15, 0.2) is 0 Å². The van der Waals surface area contributed by atoms with Crippen LogP contribution in [-0.4, -0.2) is 81.6 Å². The van der Waals surface area contributed by atoms with E-state index in [0.29, 0.717) is 11.7 Å². The third-order valence-electron chi connectivity index (χ3n) is 4.15. The Balaban J connectivity index is 1.84. The van der Waals surface area contributed by atoms with Crippen molar-refractivity contribution in [3.8, 4) is 0 Å². The van der Waals surface area contributed by atoms with Crippen LogP contribution in [0.3, 0.4) is 0 Å². The lowest BCUT2D eigenvalue weighted by Crippen LogP contribution is -2.69. The first-order chi connectivity index (χ1) is 9.49. The Morgan fingerprint density at radius 2 is 2.10 bits per heavy atom. The number of aliphatic hydroxyl groups is 3. The molecule has 20 heavy (non-hydrogen) atoms. The number of hydroxylamine groups is 3. The lowest BCUT2D eigenvalue weighted by atomic mass is 10.1. The summed E-state index contributed by atoms with van der Waals surface area (Å²) in [6, 6.07) is -0.350. The van der Waals surface area contributed by atoms with E-state index in [9.17, 15) is 15.4 Å². The highest BCUT2D eigenvalue weighted by Crippen LogP contribution is 2.33. The Kier molecular flexibility index (Phi) is 3.69. The average molecular weight is 306 g/mol. The van der Waals surface area contributed by atoms with E-state index in [2.05, 4.69) is 16.0 Å². The van der Waals surface area contributed by atoms with E-state index in [0.717, 1.165) is 0 Å². The molecule has 7 atom stereocenters. The highest BCUT2D eigenvalue weighted by Gasteiger charge is 2.58. The monoisotopic (exact) mass is 306 g/mol. The molecule has 0 saturated carbocycles. The number of hydrogen-bond acceptors (Lipinski definition) is 8. The molecule has 0 bridgehead atoms. The van der Waals surface area contributed by atoms with Gasteiger partial charge in [0.15, 0.2) is 12.3 Å². The number of fused-ring (bicyclic) bond motifs is 1. The molecule has 114 valence electrons. The normalized spacial score (nSPS) is 51.9. The van der Waals surface area contributed by atoms with Crippen molar-refractivity contribution in [2.75, 3.05) is 19.9 Å². The van der Waals surface area contributed by atoms with E-state index in [1.54, 1.807) is 0 Å². The molecule has 3 rings (SSSR count). The fourth-order valence-corrected chi connectivity index (χ4v) is 3.34. The molecule has 0 aromatic rings. The number of quaternary nitrogens is 1. The number of thiocarbonyl (C=S) groups is 1. The molecular weight excluding hydrogens is 288 g/mol. The number of nitrogens with one attached hydrogen (secondary N) is 3. The van der Waals surface area contributed by atoms with Crippen LogP contribution in [0.25, 0.3) is 0 Å². The second kappa shape index (κ2) is 5.09. The summed E-state index contributed by atoms with van der Waals surface area (Å²) in [4.78, 5) is 0.538. The Labute approximate surface area is 120 Å². The largest absolute Gasteiger partial charge is 0.629 e. The number of hydrogen-bond donors (Lipinski definition) is 6. The number of aliphatic hydroxyl groups excluding tert-OH is 3. The molecule has 3 fully saturated rings. The Morgan fingerprint density at radius 3 is 2.75 bits per heavy atom. The third kappa shape index (κ3) is 1.96. The van der Waals surface area contributed by atoms with Crippen LogP contribution in [0.1, 0.15) is 0 Å². The minimum absolute atomic E-state index is 0.00323. The zero-order valence-corrected chi connectivity index (χ0v) is 11.4. The molecular formula is C10H18N4O5S. The summed E-state index contributed by atoms with van der Waals surface area (Å²) in [7, 11) is 0. The van der Waals surface area contributed by atoms with Crippen molar-refractivity contribution in [3.63, 3.8) is 0 Å². The summed E-state index contributed by atoms with van der Waals surface area (Å²) < 4.78 is 4.47. The van der Waals surface area contributed by atoms with Crippen LogP contribution in [0.4, 0.5) is 0 Å². The van der Waals surface area contributed by atoms with Crippen molar-refractivity contribution in [2.24, 2.45) is 0 Å². The van der Waals surface area contributed by atoms with Gasteiger partial charge >= 0.3 is 0 Å². The minimum Gasteiger partial charge on any atom is -0.629 e. The molecule has 9 nitrogen and oxygen atoms in total. The van der Waals surface area contributed by atoms with Gasteiger partial charge < -0.3 is 35.2 Å². The van der Waals surface area contributed by atoms with Gasteiger partial charge in [0.1, 0.15) is 29.9 Å². The van der Waals surface area contributed by atoms with E-state index < -0.39 is 42.0 Å². The first-order valence-electron chi connectivity index (χ1n) is 6.44. The molecule has 3 aliphatic heterocycles. The molecule has 0 spiro atoms. The van der Waals surface area contributed by atoms with E-state index in [4.69, 9.17) is 22.1 Å². The highest BCUT2D eigenvalue weighted by atomic mass is 32.1. The molecule has 3 heterocycles. The molecule has 6 N–H and O–H groups in total. The van der Waals surface area contributed by atoms with Gasteiger partial charge in [-0.25, -0.2) is 5.32 Å². The zero-order valence-electron chi connectivity index (χ0n) is 10.6. The molecule has 0 radical (unpaired) electrons. The summed E-state index contributed by atoms with van der Waals surface area (Å²) in [6.45, 7) is -0.0981. The van der Waals surface area contributed by atoms with Crippen LogP contribution in [0, 0.1) is 5.21 Å². The SMILES string of the molecule is [O-][N+]1(C2OC(CO)C(O)C2O)CNC2C(=S)NCNC21. The van der Waals surface area contributed by atoms with Gasteiger partial charge in [0.2, 0.25) is 6.23 Å². The molecule has 0 aromatic carbocycles. The number of nitrogens with zero attached hydrogens (tertiary/aromatic N) is 1. The standard InChI is InChI=1S/C10H18N4O5S/c15-1-4-6(16)7(17)10(19-4)14(18)3-13-5-8(14)11-2-12-9(5)20/h4-8,10-11,13,15-17H,1-3H2,(H,12,20). The maximum atomic E-state index is 13.1. The van der Waals surface area contributed by atoms with Crippen molar-refractivity contribution >= 4 is 17.2 Å². The number of ether oxygens (including phenoxy) is 1. The number of rotatable bonds is 2. The Morgan fingerprint density at radius 1 is 1.35 bits per heavy atom. The second-order valence-corrected chi connectivity index (χ2v) is 5.73. The fourth-order valence-electron chi connectivity index (χ4n) is 3.05. The van der Waals surface area contributed by atoms with Gasteiger partial charge in [0.25, 0.3) is 0 Å². The van der Waals surface area contributed by atoms with Crippen molar-refractivity contribution in [1.29, 1.82) is 0 Å². The van der Waals surface area contributed by atoms with Crippen molar-refractivity contribution in [3.05, 3.63) is 5.21 Å². The Bertz CT molecular complexity index is 415. The summed E-state index contributed by atoms with van der Waals surface area (Å²) >= 11 is 5.16. The lowest BCUT2D eigenvalue weighted by Gasteiger charge is -2.49. The van der Waals surface area contributed by atoms with Gasteiger partial charge in [-0.05, 0) is 0 Å². The lowest BCUT2D eigenvalue weighted by molar-refractivity contribution is -0.944. The molecule has 0 aliphatic carbocycles. The van der Waals surface area contributed by atoms with Gasteiger partial charge in [-0.15, -0.1) is 0 Å². The van der Waals surface area contributed by atoms with Gasteiger partial charge in [0, 0.05) is 0 Å². The first-order valence-corrected chi connectivity index (χ1v) is 6.85. The average Bonchev–Trinajstić information content (AvgIpc) is 2.92. The van der Waals surface area contributed by atoms with Crippen LogP contribution in [0.2, 0.25) is 0 Å². The topological polar surface area (TPSA) is 129 Å². The summed E-state index contributed by atoms with van der Waals surface area (Å²) in [6.07, 6.45) is -5.35. The predicted octanol–water partition coefficient (Wildman–Crippen LogP) is -3.53. The summed E-state index contributed by atoms with van der Waals surface area (Å²) in [5.74, 6) is 0. The van der Waals surface area contributed by atoms with Gasteiger partial charge in [0.05, 0.1) is 13.3 Å². The van der Waals surface area contributed by atoms with Crippen LogP contribution in [-0.2, 0) is 4.74 Å². The minimum atomic E-state index is -1.35. The van der Waals surface area contributed by atoms with Crippen LogP contribution in [0.5, 0.6) is 0 Å². The maximum Gasteiger partial charge on any atom is 0.225 e. The van der Waals surface area contributed by atoms with E-state index >= 15 is 0 Å². The summed E-state index contributed by atoms with van der Waals surface area (Å²) in [5.41, 5.74) is 0. The van der Waals surface area contributed by atoms with Gasteiger partial charge in [-0.2, -0.15) is 0 Å². The molecule has 10 heteroatoms. The summed E-state index contributed by atoms with van der Waals surface area (Å²) in [5, 5.41) is 51.0. The molecule has 0 aromatic heterocycles. The quantitative estimate of drug-likeness (QED) is 0.175. The van der Waals surface area contributed by atoms with E-state index in [-0.39, 0.29) is 12.7 Å². The highest BCUT2D eigenvalue weighted by molar-refractivity contribution is 7.80. The second-order valence-electron chi connectivity index (χ2n) is 5.29. The van der Waals surface area contributed by atoms with Gasteiger partial charge in [-0.1, -0.05) is 12.2 Å². The van der Waals surface area contributed by atoms with E-state index in [1.165, 1.54) is 0 Å². The molecule has 7 unspecified atom stereocenters.